The Morgan fingerprint density at radius 2 is 2.12 bits per heavy atom. The van der Waals surface area contributed by atoms with Gasteiger partial charge in [0, 0.05) is 26.2 Å². The maximum absolute atomic E-state index is 11.0. The lowest BCUT2D eigenvalue weighted by Crippen LogP contribution is -2.37. The predicted octanol–water partition coefficient (Wildman–Crippen LogP) is 0.800. The highest BCUT2D eigenvalue weighted by molar-refractivity contribution is 5.69. The van der Waals surface area contributed by atoms with E-state index in [2.05, 4.69) is 15.7 Å². The minimum absolute atomic E-state index is 0.129. The lowest BCUT2D eigenvalue weighted by atomic mass is 10.2. The molecule has 0 N–H and O–H groups in total. The van der Waals surface area contributed by atoms with Crippen LogP contribution in [0.3, 0.4) is 0 Å². The van der Waals surface area contributed by atoms with Crippen LogP contribution in [-0.4, -0.2) is 50.8 Å². The van der Waals surface area contributed by atoms with Gasteiger partial charge in [-0.3, -0.25) is 9.69 Å². The van der Waals surface area contributed by atoms with Crippen LogP contribution in [0.4, 0.5) is 0 Å². The number of rotatable bonds is 8. The van der Waals surface area contributed by atoms with Gasteiger partial charge in [0.1, 0.15) is 0 Å². The Morgan fingerprint density at radius 1 is 1.44 bits per heavy atom. The molecule has 0 aromatic carbocycles. The van der Waals surface area contributed by atoms with Crippen molar-refractivity contribution >= 4 is 5.97 Å². The highest BCUT2D eigenvalue weighted by Gasteiger charge is 2.14. The maximum atomic E-state index is 11.0. The molecule has 0 radical (unpaired) electrons. The summed E-state index contributed by atoms with van der Waals surface area (Å²) in [6, 6.07) is 2.26. The molecule has 0 saturated carbocycles. The Kier molecular flexibility index (Phi) is 8.49. The van der Waals surface area contributed by atoms with Crippen LogP contribution >= 0.6 is 0 Å². The molecule has 5 nitrogen and oxygen atoms in total. The van der Waals surface area contributed by atoms with Crippen molar-refractivity contribution < 1.29 is 14.3 Å². The SMILES string of the molecule is COCCN(CCC(=O)OC)C(C)CC#N. The molecular formula is C11H20N2O3. The first kappa shape index (κ1) is 14.9. The summed E-state index contributed by atoms with van der Waals surface area (Å²) in [7, 11) is 3.01. The van der Waals surface area contributed by atoms with Gasteiger partial charge in [0.15, 0.2) is 0 Å². The molecule has 0 heterocycles. The average Bonchev–Trinajstić information content (AvgIpc) is 2.29. The van der Waals surface area contributed by atoms with E-state index < -0.39 is 0 Å². The van der Waals surface area contributed by atoms with Crippen molar-refractivity contribution in [3.63, 3.8) is 0 Å². The third kappa shape index (κ3) is 6.38. The summed E-state index contributed by atoms with van der Waals surface area (Å²) in [6.45, 7) is 3.88. The van der Waals surface area contributed by atoms with E-state index in [-0.39, 0.29) is 12.0 Å². The van der Waals surface area contributed by atoms with Gasteiger partial charge in [-0.2, -0.15) is 5.26 Å². The van der Waals surface area contributed by atoms with Gasteiger partial charge in [0.25, 0.3) is 0 Å². The summed E-state index contributed by atoms with van der Waals surface area (Å²) in [5, 5.41) is 8.64. The van der Waals surface area contributed by atoms with Gasteiger partial charge in [0.2, 0.25) is 0 Å². The van der Waals surface area contributed by atoms with E-state index in [0.717, 1.165) is 6.54 Å². The molecular weight excluding hydrogens is 208 g/mol. The van der Waals surface area contributed by atoms with Gasteiger partial charge < -0.3 is 9.47 Å². The first-order valence-electron chi connectivity index (χ1n) is 5.32. The Hall–Kier alpha value is -1.12. The molecule has 0 saturated heterocycles. The summed E-state index contributed by atoms with van der Waals surface area (Å²) in [5.74, 6) is -0.230. The summed E-state index contributed by atoms with van der Waals surface area (Å²) in [5.41, 5.74) is 0. The van der Waals surface area contributed by atoms with Crippen LogP contribution in [0.1, 0.15) is 19.8 Å². The van der Waals surface area contributed by atoms with Crippen molar-refractivity contribution in [3.8, 4) is 6.07 Å². The van der Waals surface area contributed by atoms with Crippen LogP contribution in [0.15, 0.2) is 0 Å². The number of ether oxygens (including phenoxy) is 2. The van der Waals surface area contributed by atoms with Crippen molar-refractivity contribution in [2.24, 2.45) is 0 Å². The molecule has 1 atom stereocenters. The third-order valence-electron chi connectivity index (χ3n) is 2.42. The first-order chi connectivity index (χ1) is 7.65. The van der Waals surface area contributed by atoms with Gasteiger partial charge >= 0.3 is 5.97 Å². The van der Waals surface area contributed by atoms with E-state index in [1.807, 2.05) is 6.92 Å². The second-order valence-electron chi connectivity index (χ2n) is 3.57. The van der Waals surface area contributed by atoms with Gasteiger partial charge in [-0.25, -0.2) is 0 Å². The number of carbonyl (C=O) groups is 1. The van der Waals surface area contributed by atoms with E-state index in [1.54, 1.807) is 7.11 Å². The van der Waals surface area contributed by atoms with Crippen molar-refractivity contribution in [2.45, 2.75) is 25.8 Å². The van der Waals surface area contributed by atoms with Crippen LogP contribution in [0.5, 0.6) is 0 Å². The van der Waals surface area contributed by atoms with E-state index in [4.69, 9.17) is 10.00 Å². The van der Waals surface area contributed by atoms with Crippen LogP contribution in [0.25, 0.3) is 0 Å². The van der Waals surface area contributed by atoms with Crippen molar-refractivity contribution in [1.82, 2.24) is 4.90 Å². The van der Waals surface area contributed by atoms with E-state index in [1.165, 1.54) is 7.11 Å². The average molecular weight is 228 g/mol. The number of nitriles is 1. The minimum Gasteiger partial charge on any atom is -0.469 e. The number of nitrogens with zero attached hydrogens (tertiary/aromatic N) is 2. The second-order valence-corrected chi connectivity index (χ2v) is 3.57. The largest absolute Gasteiger partial charge is 0.469 e. The Balaban J connectivity index is 4.09. The Bertz CT molecular complexity index is 238. The van der Waals surface area contributed by atoms with Crippen molar-refractivity contribution in [2.75, 3.05) is 33.9 Å². The quantitative estimate of drug-likeness (QED) is 0.575. The van der Waals surface area contributed by atoms with Crippen molar-refractivity contribution in [1.29, 1.82) is 5.26 Å². The predicted molar refractivity (Wildman–Crippen MR) is 59.8 cm³/mol. The number of hydrogen-bond donors (Lipinski definition) is 0. The summed E-state index contributed by atoms with van der Waals surface area (Å²) in [4.78, 5) is 13.1. The molecule has 0 bridgehead atoms. The molecule has 0 aromatic rings. The molecule has 0 rings (SSSR count). The number of hydrogen-bond acceptors (Lipinski definition) is 5. The Morgan fingerprint density at radius 3 is 2.62 bits per heavy atom. The summed E-state index contributed by atoms with van der Waals surface area (Å²) in [6.07, 6.45) is 0.793. The van der Waals surface area contributed by atoms with E-state index >= 15 is 0 Å². The second kappa shape index (κ2) is 9.13. The van der Waals surface area contributed by atoms with Crippen LogP contribution in [0.2, 0.25) is 0 Å². The van der Waals surface area contributed by atoms with Gasteiger partial charge in [-0.15, -0.1) is 0 Å². The number of esters is 1. The lowest BCUT2D eigenvalue weighted by molar-refractivity contribution is -0.141. The zero-order chi connectivity index (χ0) is 12.4. The smallest absolute Gasteiger partial charge is 0.306 e. The fraction of sp³-hybridized carbons (Fsp3) is 0.818. The molecule has 0 amide bonds. The molecule has 0 spiro atoms. The van der Waals surface area contributed by atoms with Gasteiger partial charge in [-0.1, -0.05) is 0 Å². The monoisotopic (exact) mass is 228 g/mol. The van der Waals surface area contributed by atoms with Crippen LogP contribution in [0, 0.1) is 11.3 Å². The Labute approximate surface area is 96.9 Å². The first-order valence-corrected chi connectivity index (χ1v) is 5.32. The lowest BCUT2D eigenvalue weighted by Gasteiger charge is -2.26. The molecule has 0 aliphatic rings. The highest BCUT2D eigenvalue weighted by atomic mass is 16.5. The molecule has 16 heavy (non-hydrogen) atoms. The molecule has 0 aliphatic carbocycles. The summed E-state index contributed by atoms with van der Waals surface area (Å²) >= 11 is 0. The topological polar surface area (TPSA) is 62.6 Å². The number of carbonyl (C=O) groups excluding carboxylic acids is 1. The maximum Gasteiger partial charge on any atom is 0.306 e. The van der Waals surface area contributed by atoms with Crippen LogP contribution < -0.4 is 0 Å². The molecule has 0 aromatic heterocycles. The fourth-order valence-electron chi connectivity index (χ4n) is 1.36. The van der Waals surface area contributed by atoms with Crippen molar-refractivity contribution in [3.05, 3.63) is 0 Å². The third-order valence-corrected chi connectivity index (χ3v) is 2.42. The molecule has 5 heteroatoms. The van der Waals surface area contributed by atoms with Gasteiger partial charge in [0.05, 0.1) is 32.6 Å². The van der Waals surface area contributed by atoms with E-state index in [9.17, 15) is 4.79 Å². The number of methoxy groups -OCH3 is 2. The molecule has 92 valence electrons. The fourth-order valence-corrected chi connectivity index (χ4v) is 1.36. The van der Waals surface area contributed by atoms with E-state index in [0.29, 0.717) is 26.0 Å². The standard InChI is InChI=1S/C11H20N2O3/c1-10(4-6-12)13(8-9-15-2)7-5-11(14)16-3/h10H,4-5,7-9H2,1-3H3. The summed E-state index contributed by atoms with van der Waals surface area (Å²) < 4.78 is 9.58. The van der Waals surface area contributed by atoms with Gasteiger partial charge in [-0.05, 0) is 6.92 Å². The normalized spacial score (nSPS) is 12.2. The zero-order valence-corrected chi connectivity index (χ0v) is 10.2. The molecule has 1 unspecified atom stereocenters. The highest BCUT2D eigenvalue weighted by Crippen LogP contribution is 2.04. The zero-order valence-electron chi connectivity index (χ0n) is 10.2. The van der Waals surface area contributed by atoms with Crippen LogP contribution in [-0.2, 0) is 14.3 Å². The molecule has 0 aliphatic heterocycles. The molecule has 0 fully saturated rings. The minimum atomic E-state index is -0.230.